The van der Waals surface area contributed by atoms with E-state index in [4.69, 9.17) is 4.74 Å². The van der Waals surface area contributed by atoms with Gasteiger partial charge in [-0.2, -0.15) is 0 Å². The van der Waals surface area contributed by atoms with Gasteiger partial charge in [0, 0.05) is 31.1 Å². The summed E-state index contributed by atoms with van der Waals surface area (Å²) in [5, 5.41) is 2.35. The molecule has 32 heavy (non-hydrogen) atoms. The molecule has 0 bridgehead atoms. The number of amides is 3. The van der Waals surface area contributed by atoms with Gasteiger partial charge in [0.15, 0.2) is 0 Å². The lowest BCUT2D eigenvalue weighted by Crippen LogP contribution is -2.52. The Morgan fingerprint density at radius 3 is 2.72 bits per heavy atom. The van der Waals surface area contributed by atoms with E-state index in [2.05, 4.69) is 24.1 Å². The van der Waals surface area contributed by atoms with Crippen molar-refractivity contribution in [3.63, 3.8) is 0 Å². The van der Waals surface area contributed by atoms with Crippen LogP contribution in [0.15, 0.2) is 18.2 Å². The Morgan fingerprint density at radius 2 is 1.94 bits per heavy atom. The van der Waals surface area contributed by atoms with Crippen LogP contribution in [-0.2, 0) is 16.1 Å². The van der Waals surface area contributed by atoms with Crippen LogP contribution in [0.3, 0.4) is 0 Å². The average Bonchev–Trinajstić information content (AvgIpc) is 3.32. The number of piperidine rings is 2. The molecular formula is C25H33N3O4. The quantitative estimate of drug-likeness (QED) is 0.730. The van der Waals surface area contributed by atoms with E-state index in [9.17, 15) is 14.4 Å². The van der Waals surface area contributed by atoms with Crippen molar-refractivity contribution in [3.8, 4) is 5.75 Å². The fraction of sp³-hybridized carbons (Fsp3) is 0.640. The fourth-order valence-corrected chi connectivity index (χ4v) is 6.01. The maximum atomic E-state index is 12.9. The largest absolute Gasteiger partial charge is 0.489 e. The molecule has 1 aliphatic carbocycles. The van der Waals surface area contributed by atoms with Crippen molar-refractivity contribution in [1.29, 1.82) is 0 Å². The van der Waals surface area contributed by atoms with E-state index < -0.39 is 6.04 Å². The molecule has 7 heteroatoms. The highest BCUT2D eigenvalue weighted by Gasteiger charge is 2.40. The van der Waals surface area contributed by atoms with Gasteiger partial charge in [-0.05, 0) is 74.2 Å². The summed E-state index contributed by atoms with van der Waals surface area (Å²) in [5.74, 6) is 0.0108. The lowest BCUT2D eigenvalue weighted by molar-refractivity contribution is -0.136. The van der Waals surface area contributed by atoms with Crippen LogP contribution in [0.5, 0.6) is 5.75 Å². The Kier molecular flexibility index (Phi) is 5.48. The van der Waals surface area contributed by atoms with Crippen LogP contribution >= 0.6 is 0 Å². The topological polar surface area (TPSA) is 79.0 Å². The lowest BCUT2D eigenvalue weighted by atomic mass is 9.83. The van der Waals surface area contributed by atoms with E-state index >= 15 is 0 Å². The van der Waals surface area contributed by atoms with Gasteiger partial charge in [0.05, 0.1) is 0 Å². The monoisotopic (exact) mass is 439 g/mol. The van der Waals surface area contributed by atoms with Crippen LogP contribution in [-0.4, -0.2) is 58.8 Å². The van der Waals surface area contributed by atoms with Crippen LogP contribution in [0, 0.1) is 5.41 Å². The Balaban J connectivity index is 1.28. The zero-order chi connectivity index (χ0) is 22.5. The molecule has 3 heterocycles. The van der Waals surface area contributed by atoms with Crippen LogP contribution < -0.4 is 10.1 Å². The number of rotatable bonds is 4. The van der Waals surface area contributed by atoms with Crippen LogP contribution in [0.25, 0.3) is 0 Å². The molecule has 1 saturated carbocycles. The molecule has 3 atom stereocenters. The summed E-state index contributed by atoms with van der Waals surface area (Å²) in [6, 6.07) is 5.55. The predicted octanol–water partition coefficient (Wildman–Crippen LogP) is 2.87. The summed E-state index contributed by atoms with van der Waals surface area (Å²) in [4.78, 5) is 40.9. The molecule has 3 amide bonds. The third kappa shape index (κ3) is 4.03. The zero-order valence-electron chi connectivity index (χ0n) is 19.1. The van der Waals surface area contributed by atoms with Crippen molar-refractivity contribution in [2.24, 2.45) is 5.41 Å². The lowest BCUT2D eigenvalue weighted by Gasteiger charge is -2.42. The number of ether oxygens (including phenoxy) is 1. The Hall–Kier alpha value is -2.41. The molecule has 172 valence electrons. The van der Waals surface area contributed by atoms with E-state index in [1.807, 2.05) is 18.2 Å². The molecule has 0 spiro atoms. The molecule has 3 fully saturated rings. The van der Waals surface area contributed by atoms with Crippen molar-refractivity contribution in [3.05, 3.63) is 29.3 Å². The molecule has 1 aromatic rings. The molecule has 0 aromatic heterocycles. The van der Waals surface area contributed by atoms with Crippen LogP contribution in [0.4, 0.5) is 0 Å². The maximum absolute atomic E-state index is 12.9. The standard InChI is InChI=1S/C25H33N3O4/c1-25(2)11-4-12-27(15-25)19-5-3-6-21(19)32-17-7-8-18-16(13-17)14-28(24(18)31)20-9-10-22(29)26-23(20)30/h7-8,13,19-21H,3-6,9-12,14-15H2,1-2H3,(H,26,29,30)/t19-,20?,21-/m1/s1. The molecular weight excluding hydrogens is 406 g/mol. The first-order valence-electron chi connectivity index (χ1n) is 12.0. The average molecular weight is 440 g/mol. The van der Waals surface area contributed by atoms with E-state index in [0.29, 0.717) is 30.0 Å². The van der Waals surface area contributed by atoms with E-state index in [0.717, 1.165) is 30.8 Å². The van der Waals surface area contributed by atoms with Crippen molar-refractivity contribution in [1.82, 2.24) is 15.1 Å². The van der Waals surface area contributed by atoms with E-state index in [-0.39, 0.29) is 30.2 Å². The van der Waals surface area contributed by atoms with Gasteiger partial charge < -0.3 is 9.64 Å². The first kappa shape index (κ1) is 21.4. The number of imide groups is 1. The molecule has 7 nitrogen and oxygen atoms in total. The number of carbonyl (C=O) groups excluding carboxylic acids is 3. The summed E-state index contributed by atoms with van der Waals surface area (Å²) in [5.41, 5.74) is 1.88. The number of hydrogen-bond donors (Lipinski definition) is 1. The minimum absolute atomic E-state index is 0.143. The molecule has 0 radical (unpaired) electrons. The Morgan fingerprint density at radius 1 is 1.09 bits per heavy atom. The number of nitrogens with one attached hydrogen (secondary N) is 1. The zero-order valence-corrected chi connectivity index (χ0v) is 19.1. The third-order valence-electron chi connectivity index (χ3n) is 7.60. The van der Waals surface area contributed by atoms with Gasteiger partial charge in [-0.25, -0.2) is 0 Å². The van der Waals surface area contributed by atoms with Crippen LogP contribution in [0.1, 0.15) is 74.7 Å². The number of likely N-dealkylation sites (tertiary alicyclic amines) is 1. The molecule has 2 saturated heterocycles. The van der Waals surface area contributed by atoms with Gasteiger partial charge in [-0.3, -0.25) is 24.6 Å². The number of carbonyl (C=O) groups is 3. The van der Waals surface area contributed by atoms with Crippen molar-refractivity contribution >= 4 is 17.7 Å². The van der Waals surface area contributed by atoms with Crippen molar-refractivity contribution in [2.75, 3.05) is 13.1 Å². The molecule has 1 unspecified atom stereocenters. The predicted molar refractivity (Wildman–Crippen MR) is 119 cm³/mol. The molecule has 5 rings (SSSR count). The van der Waals surface area contributed by atoms with E-state index in [1.54, 1.807) is 4.90 Å². The summed E-state index contributed by atoms with van der Waals surface area (Å²) in [6.07, 6.45) is 6.75. The van der Waals surface area contributed by atoms with Crippen LogP contribution in [0.2, 0.25) is 0 Å². The molecule has 1 aromatic carbocycles. The van der Waals surface area contributed by atoms with Gasteiger partial charge in [0.1, 0.15) is 17.9 Å². The minimum Gasteiger partial charge on any atom is -0.489 e. The summed E-state index contributed by atoms with van der Waals surface area (Å²) in [6.45, 7) is 7.36. The SMILES string of the molecule is CC1(C)CCCN([C@@H]2CCC[C@H]2Oc2ccc3c(c2)CN(C2CCC(=O)NC2=O)C3=O)C1. The van der Waals surface area contributed by atoms with Gasteiger partial charge in [-0.15, -0.1) is 0 Å². The van der Waals surface area contributed by atoms with Crippen molar-refractivity contribution < 1.29 is 19.1 Å². The highest BCUT2D eigenvalue weighted by atomic mass is 16.5. The molecule has 1 N–H and O–H groups in total. The summed E-state index contributed by atoms with van der Waals surface area (Å²) < 4.78 is 6.49. The number of fused-ring (bicyclic) bond motifs is 1. The van der Waals surface area contributed by atoms with Gasteiger partial charge in [0.25, 0.3) is 5.91 Å². The number of benzene rings is 1. The third-order valence-corrected chi connectivity index (χ3v) is 7.60. The smallest absolute Gasteiger partial charge is 0.255 e. The fourth-order valence-electron chi connectivity index (χ4n) is 6.01. The highest BCUT2D eigenvalue weighted by Crippen LogP contribution is 2.36. The normalized spacial score (nSPS) is 30.4. The Bertz CT molecular complexity index is 943. The number of hydrogen-bond acceptors (Lipinski definition) is 5. The van der Waals surface area contributed by atoms with E-state index in [1.165, 1.54) is 25.7 Å². The van der Waals surface area contributed by atoms with Gasteiger partial charge >= 0.3 is 0 Å². The van der Waals surface area contributed by atoms with Gasteiger partial charge in [-0.1, -0.05) is 13.8 Å². The second-order valence-corrected chi connectivity index (χ2v) is 10.6. The Labute approximate surface area is 189 Å². The first-order chi connectivity index (χ1) is 15.3. The number of nitrogens with zero attached hydrogens (tertiary/aromatic N) is 2. The van der Waals surface area contributed by atoms with Gasteiger partial charge in [0.2, 0.25) is 11.8 Å². The second kappa shape index (κ2) is 8.18. The molecule has 4 aliphatic rings. The summed E-state index contributed by atoms with van der Waals surface area (Å²) in [7, 11) is 0. The van der Waals surface area contributed by atoms with Crippen molar-refractivity contribution in [2.45, 2.75) is 83.5 Å². The molecule has 3 aliphatic heterocycles. The second-order valence-electron chi connectivity index (χ2n) is 10.6. The minimum atomic E-state index is -0.585. The summed E-state index contributed by atoms with van der Waals surface area (Å²) >= 11 is 0. The highest BCUT2D eigenvalue weighted by molar-refractivity contribution is 6.05. The first-order valence-corrected chi connectivity index (χ1v) is 12.0. The maximum Gasteiger partial charge on any atom is 0.255 e.